The Kier molecular flexibility index (Phi) is 12.9. The third-order valence-corrected chi connectivity index (χ3v) is 8.05. The fraction of sp³-hybridized carbons (Fsp3) is 0.300. The van der Waals surface area contributed by atoms with E-state index in [9.17, 15) is 10.2 Å². The van der Waals surface area contributed by atoms with E-state index in [1.54, 1.807) is 0 Å². The van der Waals surface area contributed by atoms with Gasteiger partial charge in [-0.25, -0.2) is 0 Å². The van der Waals surface area contributed by atoms with Gasteiger partial charge in [0.1, 0.15) is 18.3 Å². The highest BCUT2D eigenvalue weighted by molar-refractivity contribution is 5.82. The van der Waals surface area contributed by atoms with E-state index in [0.717, 1.165) is 33.0 Å². The number of benzene rings is 5. The lowest BCUT2D eigenvalue weighted by atomic mass is 9.94. The molecular weight excluding hydrogens is 576 g/mol. The van der Waals surface area contributed by atoms with Gasteiger partial charge in [0.05, 0.1) is 45.7 Å². The first-order valence-corrected chi connectivity index (χ1v) is 15.9. The average Bonchev–Trinajstić information content (AvgIpc) is 3.10. The molecular formula is C40H44O6. The molecule has 0 aliphatic carbocycles. The molecule has 0 heterocycles. The second-order valence-electron chi connectivity index (χ2n) is 11.8. The highest BCUT2D eigenvalue weighted by atomic mass is 16.5. The molecule has 5 rings (SSSR count). The van der Waals surface area contributed by atoms with Crippen LogP contribution in [0.4, 0.5) is 0 Å². The zero-order chi connectivity index (χ0) is 32.0. The molecule has 5 atom stereocenters. The Labute approximate surface area is 272 Å². The van der Waals surface area contributed by atoms with Crippen LogP contribution in [-0.2, 0) is 45.4 Å². The van der Waals surface area contributed by atoms with Gasteiger partial charge in [0.2, 0.25) is 0 Å². The molecule has 0 amide bonds. The van der Waals surface area contributed by atoms with Gasteiger partial charge in [0.15, 0.2) is 0 Å². The van der Waals surface area contributed by atoms with Gasteiger partial charge in [-0.1, -0.05) is 134 Å². The van der Waals surface area contributed by atoms with Gasteiger partial charge >= 0.3 is 0 Å². The van der Waals surface area contributed by atoms with Crippen LogP contribution in [0.1, 0.15) is 29.2 Å². The van der Waals surface area contributed by atoms with Crippen LogP contribution in [0.15, 0.2) is 133 Å². The van der Waals surface area contributed by atoms with E-state index >= 15 is 0 Å². The zero-order valence-electron chi connectivity index (χ0n) is 26.4. The number of hydrogen-bond donors (Lipinski definition) is 2. The van der Waals surface area contributed by atoms with Crippen molar-refractivity contribution in [2.75, 3.05) is 13.2 Å². The van der Waals surface area contributed by atoms with Crippen molar-refractivity contribution in [3.63, 3.8) is 0 Å². The molecule has 0 aliphatic heterocycles. The summed E-state index contributed by atoms with van der Waals surface area (Å²) < 4.78 is 24.7. The quantitative estimate of drug-likeness (QED) is 0.109. The number of aliphatic hydroxyl groups is 2. The van der Waals surface area contributed by atoms with E-state index in [2.05, 4.69) is 24.3 Å². The minimum absolute atomic E-state index is 0.0202. The smallest absolute Gasteiger partial charge is 0.114 e. The summed E-state index contributed by atoms with van der Waals surface area (Å²) in [4.78, 5) is 0. The second kappa shape index (κ2) is 17.7. The number of aliphatic hydroxyl groups excluding tert-OH is 2. The second-order valence-corrected chi connectivity index (χ2v) is 11.8. The maximum absolute atomic E-state index is 11.9. The van der Waals surface area contributed by atoms with Crippen molar-refractivity contribution in [2.45, 2.75) is 57.8 Å². The van der Waals surface area contributed by atoms with Crippen molar-refractivity contribution in [3.05, 3.63) is 156 Å². The molecule has 5 aromatic carbocycles. The standard InChI is InChI=1S/C40H44O6/c1-30(24-43-25-31-13-5-2-6-14-31)39(45-27-32-15-7-3-8-16-32)38(42)40(46-28-33-17-9-4-10-18-33)37(41)29-44-26-34-21-22-35-19-11-12-20-36(35)23-34/h2-23,30,37-42H,24-29H2,1H3. The molecule has 0 spiro atoms. The van der Waals surface area contributed by atoms with E-state index in [1.807, 2.05) is 116 Å². The van der Waals surface area contributed by atoms with E-state index in [0.29, 0.717) is 26.4 Å². The lowest BCUT2D eigenvalue weighted by Gasteiger charge is -2.35. The van der Waals surface area contributed by atoms with Crippen molar-refractivity contribution < 1.29 is 29.2 Å². The Morgan fingerprint density at radius 1 is 0.478 bits per heavy atom. The highest BCUT2D eigenvalue weighted by Gasteiger charge is 2.37. The zero-order valence-corrected chi connectivity index (χ0v) is 26.4. The molecule has 6 nitrogen and oxygen atoms in total. The van der Waals surface area contributed by atoms with E-state index in [4.69, 9.17) is 18.9 Å². The Morgan fingerprint density at radius 3 is 1.57 bits per heavy atom. The number of fused-ring (bicyclic) bond motifs is 1. The van der Waals surface area contributed by atoms with Crippen LogP contribution in [0.25, 0.3) is 10.8 Å². The first kappa shape index (κ1) is 33.5. The Bertz CT molecular complexity index is 1560. The van der Waals surface area contributed by atoms with Gasteiger partial charge in [0.25, 0.3) is 0 Å². The van der Waals surface area contributed by atoms with Crippen molar-refractivity contribution in [1.82, 2.24) is 0 Å². The van der Waals surface area contributed by atoms with Crippen LogP contribution in [0.3, 0.4) is 0 Å². The molecule has 0 bridgehead atoms. The van der Waals surface area contributed by atoms with Crippen LogP contribution < -0.4 is 0 Å². The topological polar surface area (TPSA) is 77.4 Å². The fourth-order valence-corrected chi connectivity index (χ4v) is 5.51. The molecule has 0 fully saturated rings. The number of ether oxygens (including phenoxy) is 4. The summed E-state index contributed by atoms with van der Waals surface area (Å²) in [5.41, 5.74) is 3.99. The molecule has 2 N–H and O–H groups in total. The van der Waals surface area contributed by atoms with Crippen LogP contribution in [0.2, 0.25) is 0 Å². The first-order chi connectivity index (χ1) is 22.6. The molecule has 240 valence electrons. The summed E-state index contributed by atoms with van der Waals surface area (Å²) in [5, 5.41) is 25.6. The summed E-state index contributed by atoms with van der Waals surface area (Å²) in [6.45, 7) is 3.60. The lowest BCUT2D eigenvalue weighted by molar-refractivity contribution is -0.179. The minimum Gasteiger partial charge on any atom is -0.388 e. The van der Waals surface area contributed by atoms with Crippen molar-refractivity contribution in [2.24, 2.45) is 5.92 Å². The largest absolute Gasteiger partial charge is 0.388 e. The van der Waals surface area contributed by atoms with Gasteiger partial charge in [-0.2, -0.15) is 0 Å². The molecule has 5 unspecified atom stereocenters. The van der Waals surface area contributed by atoms with Crippen molar-refractivity contribution in [3.8, 4) is 0 Å². The first-order valence-electron chi connectivity index (χ1n) is 15.9. The minimum atomic E-state index is -1.16. The summed E-state index contributed by atoms with van der Waals surface area (Å²) in [6, 6.07) is 43.9. The molecule has 0 aromatic heterocycles. The van der Waals surface area contributed by atoms with Gasteiger partial charge < -0.3 is 29.2 Å². The van der Waals surface area contributed by atoms with Crippen LogP contribution in [-0.4, -0.2) is 47.8 Å². The lowest BCUT2D eigenvalue weighted by Crippen LogP contribution is -2.51. The maximum atomic E-state index is 11.9. The fourth-order valence-electron chi connectivity index (χ4n) is 5.51. The molecule has 5 aromatic rings. The van der Waals surface area contributed by atoms with Crippen molar-refractivity contribution in [1.29, 1.82) is 0 Å². The molecule has 6 heteroatoms. The third kappa shape index (κ3) is 10.1. The molecule has 0 saturated carbocycles. The number of rotatable bonds is 18. The summed E-state index contributed by atoms with van der Waals surface area (Å²) in [6.07, 6.45) is -3.94. The summed E-state index contributed by atoms with van der Waals surface area (Å²) >= 11 is 0. The van der Waals surface area contributed by atoms with Gasteiger partial charge in [-0.05, 0) is 39.1 Å². The van der Waals surface area contributed by atoms with E-state index in [1.165, 1.54) is 0 Å². The van der Waals surface area contributed by atoms with Crippen molar-refractivity contribution >= 4 is 10.8 Å². The third-order valence-electron chi connectivity index (χ3n) is 8.05. The van der Waals surface area contributed by atoms with Crippen LogP contribution >= 0.6 is 0 Å². The Hall–Kier alpha value is -3.88. The normalized spacial score (nSPS) is 14.8. The van der Waals surface area contributed by atoms with E-state index in [-0.39, 0.29) is 19.1 Å². The SMILES string of the molecule is CC(COCc1ccccc1)C(OCc1ccccc1)C(O)C(OCc1ccccc1)C(O)COCc1ccc2ccccc2c1. The average molecular weight is 621 g/mol. The van der Waals surface area contributed by atoms with Crippen LogP contribution in [0, 0.1) is 5.92 Å². The number of hydrogen-bond acceptors (Lipinski definition) is 6. The monoisotopic (exact) mass is 620 g/mol. The predicted molar refractivity (Wildman–Crippen MR) is 181 cm³/mol. The van der Waals surface area contributed by atoms with Gasteiger partial charge in [-0.15, -0.1) is 0 Å². The predicted octanol–water partition coefficient (Wildman–Crippen LogP) is 7.10. The van der Waals surface area contributed by atoms with E-state index < -0.39 is 24.4 Å². The van der Waals surface area contributed by atoms with Gasteiger partial charge in [-0.3, -0.25) is 0 Å². The Balaban J connectivity index is 1.28. The molecule has 0 aliphatic rings. The summed E-state index contributed by atoms with van der Waals surface area (Å²) in [5.74, 6) is -0.212. The maximum Gasteiger partial charge on any atom is 0.114 e. The molecule has 0 radical (unpaired) electrons. The summed E-state index contributed by atoms with van der Waals surface area (Å²) in [7, 11) is 0. The highest BCUT2D eigenvalue weighted by Crippen LogP contribution is 2.23. The van der Waals surface area contributed by atoms with Gasteiger partial charge in [0, 0.05) is 5.92 Å². The molecule has 0 saturated heterocycles. The molecule has 46 heavy (non-hydrogen) atoms. The van der Waals surface area contributed by atoms with Crippen LogP contribution in [0.5, 0.6) is 0 Å². The Morgan fingerprint density at radius 2 is 0.957 bits per heavy atom.